The first-order valence-corrected chi connectivity index (χ1v) is 9.80. The number of hydrogen-bond acceptors (Lipinski definition) is 4. The van der Waals surface area contributed by atoms with Crippen molar-refractivity contribution in [3.63, 3.8) is 0 Å². The van der Waals surface area contributed by atoms with E-state index in [9.17, 15) is 14.4 Å². The van der Waals surface area contributed by atoms with Crippen LogP contribution in [0.5, 0.6) is 0 Å². The second kappa shape index (κ2) is 9.31. The van der Waals surface area contributed by atoms with Gasteiger partial charge in [0.25, 0.3) is 0 Å². The van der Waals surface area contributed by atoms with Gasteiger partial charge in [0.1, 0.15) is 0 Å². The minimum absolute atomic E-state index is 0.0438. The molecule has 2 aromatic rings. The Kier molecular flexibility index (Phi) is 6.57. The largest absolute Gasteiger partial charge is 0.335 e. The Morgan fingerprint density at radius 1 is 1.10 bits per heavy atom. The van der Waals surface area contributed by atoms with E-state index in [4.69, 9.17) is 0 Å². The summed E-state index contributed by atoms with van der Waals surface area (Å²) in [5.74, 6) is -0.865. The fraction of sp³-hybridized carbons (Fsp3) is 0.250. The molecular formula is C24H25N3O3. The summed E-state index contributed by atoms with van der Waals surface area (Å²) >= 11 is 0. The molecule has 0 N–H and O–H groups in total. The van der Waals surface area contributed by atoms with Crippen molar-refractivity contribution in [3.8, 4) is 0 Å². The molecule has 6 nitrogen and oxygen atoms in total. The van der Waals surface area contributed by atoms with Gasteiger partial charge in [-0.25, -0.2) is 0 Å². The third-order valence-corrected chi connectivity index (χ3v) is 5.30. The van der Waals surface area contributed by atoms with Crippen molar-refractivity contribution >= 4 is 17.7 Å². The van der Waals surface area contributed by atoms with Gasteiger partial charge in [-0.05, 0) is 17.2 Å². The van der Waals surface area contributed by atoms with E-state index < -0.39 is 5.41 Å². The van der Waals surface area contributed by atoms with E-state index in [1.807, 2.05) is 24.3 Å². The highest BCUT2D eigenvalue weighted by Gasteiger charge is 2.53. The van der Waals surface area contributed by atoms with Crippen LogP contribution in [-0.2, 0) is 26.3 Å². The first-order chi connectivity index (χ1) is 14.5. The van der Waals surface area contributed by atoms with Crippen LogP contribution in [0.25, 0.3) is 0 Å². The van der Waals surface area contributed by atoms with E-state index in [1.54, 1.807) is 47.6 Å². The summed E-state index contributed by atoms with van der Waals surface area (Å²) in [6.07, 6.45) is 6.40. The van der Waals surface area contributed by atoms with Crippen LogP contribution in [0.4, 0.5) is 0 Å². The van der Waals surface area contributed by atoms with Crippen LogP contribution in [0, 0.1) is 0 Å². The molecule has 1 aromatic carbocycles. The number of aromatic nitrogens is 1. The molecular weight excluding hydrogens is 378 g/mol. The first kappa shape index (κ1) is 21.2. The van der Waals surface area contributed by atoms with Crippen LogP contribution in [0.2, 0.25) is 0 Å². The number of carbonyl (C=O) groups excluding carboxylic acids is 3. The van der Waals surface area contributed by atoms with Gasteiger partial charge in [0.2, 0.25) is 17.7 Å². The minimum Gasteiger partial charge on any atom is -0.335 e. The molecule has 0 spiro atoms. The quantitative estimate of drug-likeness (QED) is 0.477. The van der Waals surface area contributed by atoms with Gasteiger partial charge >= 0.3 is 0 Å². The van der Waals surface area contributed by atoms with E-state index in [-0.39, 0.29) is 37.1 Å². The van der Waals surface area contributed by atoms with E-state index in [0.717, 1.165) is 5.56 Å². The van der Waals surface area contributed by atoms with Gasteiger partial charge < -0.3 is 4.90 Å². The lowest BCUT2D eigenvalue weighted by molar-refractivity contribution is -0.143. The molecule has 0 aliphatic carbocycles. The first-order valence-electron chi connectivity index (χ1n) is 9.80. The van der Waals surface area contributed by atoms with E-state index in [0.29, 0.717) is 18.7 Å². The van der Waals surface area contributed by atoms with Crippen molar-refractivity contribution in [2.45, 2.75) is 24.8 Å². The molecule has 6 heteroatoms. The summed E-state index contributed by atoms with van der Waals surface area (Å²) in [6.45, 7) is 8.22. The number of likely N-dealkylation sites (tertiary alicyclic amines) is 1. The van der Waals surface area contributed by atoms with Gasteiger partial charge in [-0.3, -0.25) is 24.3 Å². The number of amides is 3. The molecule has 0 bridgehead atoms. The molecule has 1 aliphatic rings. The molecule has 3 rings (SSSR count). The fourth-order valence-electron chi connectivity index (χ4n) is 3.82. The summed E-state index contributed by atoms with van der Waals surface area (Å²) < 4.78 is 0. The van der Waals surface area contributed by atoms with Crippen molar-refractivity contribution in [1.82, 2.24) is 14.8 Å². The van der Waals surface area contributed by atoms with Gasteiger partial charge in [-0.1, -0.05) is 48.6 Å². The van der Waals surface area contributed by atoms with E-state index in [1.165, 1.54) is 4.90 Å². The maximum Gasteiger partial charge on any atom is 0.241 e. The maximum absolute atomic E-state index is 13.6. The fourth-order valence-corrected chi connectivity index (χ4v) is 3.82. The lowest BCUT2D eigenvalue weighted by Crippen LogP contribution is -2.43. The van der Waals surface area contributed by atoms with Crippen LogP contribution in [0.1, 0.15) is 24.0 Å². The second-order valence-electron chi connectivity index (χ2n) is 7.32. The Balaban J connectivity index is 1.96. The van der Waals surface area contributed by atoms with Crippen molar-refractivity contribution in [2.24, 2.45) is 0 Å². The summed E-state index contributed by atoms with van der Waals surface area (Å²) in [5, 5.41) is 0. The monoisotopic (exact) mass is 403 g/mol. The summed E-state index contributed by atoms with van der Waals surface area (Å²) in [5.41, 5.74) is 0.204. The molecule has 0 unspecified atom stereocenters. The van der Waals surface area contributed by atoms with Gasteiger partial charge in [-0.15, -0.1) is 13.2 Å². The van der Waals surface area contributed by atoms with Crippen molar-refractivity contribution in [2.75, 3.05) is 13.1 Å². The highest BCUT2D eigenvalue weighted by molar-refractivity contribution is 6.10. The topological polar surface area (TPSA) is 70.6 Å². The van der Waals surface area contributed by atoms with Gasteiger partial charge in [-0.2, -0.15) is 0 Å². The van der Waals surface area contributed by atoms with Crippen LogP contribution < -0.4 is 0 Å². The molecule has 1 aromatic heterocycles. The number of pyridine rings is 1. The highest BCUT2D eigenvalue weighted by atomic mass is 16.2. The van der Waals surface area contributed by atoms with Crippen LogP contribution in [-0.4, -0.2) is 45.6 Å². The van der Waals surface area contributed by atoms with Crippen molar-refractivity contribution in [3.05, 3.63) is 91.3 Å². The zero-order valence-electron chi connectivity index (χ0n) is 16.9. The lowest BCUT2D eigenvalue weighted by Gasteiger charge is -2.30. The predicted octanol–water partition coefficient (Wildman–Crippen LogP) is 2.87. The number of imide groups is 1. The van der Waals surface area contributed by atoms with Gasteiger partial charge in [0.15, 0.2) is 0 Å². The van der Waals surface area contributed by atoms with Crippen LogP contribution >= 0.6 is 0 Å². The van der Waals surface area contributed by atoms with Crippen molar-refractivity contribution in [1.29, 1.82) is 0 Å². The summed E-state index contributed by atoms with van der Waals surface area (Å²) in [4.78, 5) is 46.5. The number of benzene rings is 1. The average Bonchev–Trinajstić information content (AvgIpc) is 3.00. The Morgan fingerprint density at radius 2 is 1.80 bits per heavy atom. The smallest absolute Gasteiger partial charge is 0.241 e. The third kappa shape index (κ3) is 4.22. The Bertz CT molecular complexity index is 933. The van der Waals surface area contributed by atoms with E-state index >= 15 is 0 Å². The minimum atomic E-state index is -1.22. The molecule has 1 saturated heterocycles. The molecule has 0 radical (unpaired) electrons. The molecule has 154 valence electrons. The number of carbonyl (C=O) groups is 3. The molecule has 3 amide bonds. The predicted molar refractivity (Wildman–Crippen MR) is 114 cm³/mol. The summed E-state index contributed by atoms with van der Waals surface area (Å²) in [6, 6.07) is 12.7. The summed E-state index contributed by atoms with van der Waals surface area (Å²) in [7, 11) is 0. The highest BCUT2D eigenvalue weighted by Crippen LogP contribution is 2.40. The SMILES string of the molecule is C=CCN(CC=C)C(=O)C[C@@]1(c2ccccc2)CC(=O)N(Cc2cccnc2)C1=O. The zero-order chi connectivity index (χ0) is 21.6. The molecule has 1 aliphatic heterocycles. The average molecular weight is 403 g/mol. The standard InChI is InChI=1S/C24H25N3O3/c1-3-13-26(14-4-2)21(28)15-24(20-10-6-5-7-11-20)16-22(29)27(23(24)30)18-19-9-8-12-25-17-19/h3-12,17H,1-2,13-16,18H2/t24-/m0/s1. The lowest BCUT2D eigenvalue weighted by atomic mass is 9.75. The number of rotatable bonds is 9. The number of nitrogens with zero attached hydrogens (tertiary/aromatic N) is 3. The molecule has 1 fully saturated rings. The normalized spacial score (nSPS) is 18.3. The Labute approximate surface area is 176 Å². The molecule has 0 saturated carbocycles. The second-order valence-corrected chi connectivity index (χ2v) is 7.32. The molecule has 1 atom stereocenters. The Hall–Kier alpha value is -3.54. The van der Waals surface area contributed by atoms with Gasteiger partial charge in [0, 0.05) is 38.3 Å². The van der Waals surface area contributed by atoms with Crippen molar-refractivity contribution < 1.29 is 14.4 Å². The van der Waals surface area contributed by atoms with Gasteiger partial charge in [0.05, 0.1) is 12.0 Å². The zero-order valence-corrected chi connectivity index (χ0v) is 16.9. The molecule has 2 heterocycles. The maximum atomic E-state index is 13.6. The van der Waals surface area contributed by atoms with Crippen LogP contribution in [0.15, 0.2) is 80.2 Å². The third-order valence-electron chi connectivity index (χ3n) is 5.30. The number of hydrogen-bond donors (Lipinski definition) is 0. The van der Waals surface area contributed by atoms with E-state index in [2.05, 4.69) is 18.1 Å². The van der Waals surface area contributed by atoms with Crippen LogP contribution in [0.3, 0.4) is 0 Å². The molecule has 30 heavy (non-hydrogen) atoms. The Morgan fingerprint density at radius 3 is 2.40 bits per heavy atom.